The van der Waals surface area contributed by atoms with Crippen LogP contribution in [0.15, 0.2) is 30.5 Å². The first-order valence-electron chi connectivity index (χ1n) is 11.6. The number of rotatable bonds is 6. The van der Waals surface area contributed by atoms with E-state index in [0.717, 1.165) is 49.1 Å². The molecule has 2 atom stereocenters. The predicted molar refractivity (Wildman–Crippen MR) is 126 cm³/mol. The van der Waals surface area contributed by atoms with Gasteiger partial charge in [-0.15, -0.1) is 0 Å². The van der Waals surface area contributed by atoms with Crippen LogP contribution in [0.3, 0.4) is 0 Å². The van der Waals surface area contributed by atoms with Crippen molar-refractivity contribution >= 4 is 11.9 Å². The number of methoxy groups -OCH3 is 1. The Morgan fingerprint density at radius 2 is 1.94 bits per heavy atom. The van der Waals surface area contributed by atoms with Crippen molar-refractivity contribution in [3.8, 4) is 5.75 Å². The van der Waals surface area contributed by atoms with Gasteiger partial charge in [0.1, 0.15) is 5.75 Å². The summed E-state index contributed by atoms with van der Waals surface area (Å²) in [4.78, 5) is 29.0. The van der Waals surface area contributed by atoms with Gasteiger partial charge < -0.3 is 14.5 Å². The van der Waals surface area contributed by atoms with Gasteiger partial charge in [-0.25, -0.2) is 9.97 Å². The van der Waals surface area contributed by atoms with Gasteiger partial charge >= 0.3 is 0 Å². The topological polar surface area (TPSA) is 61.8 Å². The lowest BCUT2D eigenvalue weighted by Crippen LogP contribution is -2.34. The molecule has 2 fully saturated rings. The third-order valence-electron chi connectivity index (χ3n) is 6.67. The molecule has 0 aliphatic carbocycles. The van der Waals surface area contributed by atoms with Gasteiger partial charge in [0.25, 0.3) is 0 Å². The van der Waals surface area contributed by atoms with E-state index in [1.165, 1.54) is 24.8 Å². The number of ether oxygens (including phenoxy) is 1. The number of piperidine rings is 1. The van der Waals surface area contributed by atoms with Crippen molar-refractivity contribution in [3.63, 3.8) is 0 Å². The molecule has 3 heterocycles. The van der Waals surface area contributed by atoms with Crippen LogP contribution in [0.4, 0.5) is 5.95 Å². The van der Waals surface area contributed by atoms with Crippen molar-refractivity contribution in [2.75, 3.05) is 52.3 Å². The highest BCUT2D eigenvalue weighted by molar-refractivity contribution is 5.80. The standard InChI is InChI=1S/C25H35N5O2/c1-18-8-9-23(32-4)19(14-18)15-29-16-20(21(17-29)24(31)28(2)3)22-10-11-26-25(27-22)30-12-6-5-7-13-30/h8-11,14,20-21H,5-7,12-13,15-17H2,1-4H3/t20-,21-/m0/s1. The van der Waals surface area contributed by atoms with E-state index < -0.39 is 0 Å². The predicted octanol–water partition coefficient (Wildman–Crippen LogP) is 3.09. The number of aryl methyl sites for hydroxylation is 1. The summed E-state index contributed by atoms with van der Waals surface area (Å²) >= 11 is 0. The van der Waals surface area contributed by atoms with E-state index in [0.29, 0.717) is 6.54 Å². The van der Waals surface area contributed by atoms with Crippen LogP contribution in [-0.2, 0) is 11.3 Å². The van der Waals surface area contributed by atoms with E-state index >= 15 is 0 Å². The third kappa shape index (κ3) is 4.88. The van der Waals surface area contributed by atoms with Gasteiger partial charge in [0.15, 0.2) is 0 Å². The van der Waals surface area contributed by atoms with Crippen LogP contribution in [0.2, 0.25) is 0 Å². The molecule has 0 spiro atoms. The molecule has 4 rings (SSSR count). The summed E-state index contributed by atoms with van der Waals surface area (Å²) < 4.78 is 5.59. The summed E-state index contributed by atoms with van der Waals surface area (Å²) in [7, 11) is 5.39. The molecule has 172 valence electrons. The number of nitrogens with zero attached hydrogens (tertiary/aromatic N) is 5. The normalized spacial score (nSPS) is 21.6. The van der Waals surface area contributed by atoms with E-state index in [1.54, 1.807) is 12.0 Å². The highest BCUT2D eigenvalue weighted by atomic mass is 16.5. The maximum absolute atomic E-state index is 13.1. The lowest BCUT2D eigenvalue weighted by atomic mass is 9.91. The molecule has 1 aromatic carbocycles. The number of amides is 1. The van der Waals surface area contributed by atoms with Gasteiger partial charge in [0, 0.05) is 64.5 Å². The molecule has 1 amide bonds. The molecule has 2 aliphatic rings. The summed E-state index contributed by atoms with van der Waals surface area (Å²) in [5.74, 6) is 1.78. The number of hydrogen-bond acceptors (Lipinski definition) is 6. The number of hydrogen-bond donors (Lipinski definition) is 0. The molecule has 0 N–H and O–H groups in total. The number of carbonyl (C=O) groups excluding carboxylic acids is 1. The smallest absolute Gasteiger partial charge is 0.227 e. The van der Waals surface area contributed by atoms with Crippen molar-refractivity contribution in [3.05, 3.63) is 47.3 Å². The zero-order valence-electron chi connectivity index (χ0n) is 19.8. The van der Waals surface area contributed by atoms with E-state index in [9.17, 15) is 4.79 Å². The molecule has 32 heavy (non-hydrogen) atoms. The Morgan fingerprint density at radius 3 is 2.66 bits per heavy atom. The maximum Gasteiger partial charge on any atom is 0.227 e. The molecule has 2 aliphatic heterocycles. The van der Waals surface area contributed by atoms with Crippen LogP contribution in [0.25, 0.3) is 0 Å². The first kappa shape index (κ1) is 22.5. The first-order chi connectivity index (χ1) is 15.5. The highest BCUT2D eigenvalue weighted by Crippen LogP contribution is 2.35. The van der Waals surface area contributed by atoms with Crippen molar-refractivity contribution in [1.82, 2.24) is 19.8 Å². The van der Waals surface area contributed by atoms with Gasteiger partial charge in [-0.3, -0.25) is 9.69 Å². The van der Waals surface area contributed by atoms with Gasteiger partial charge in [-0.1, -0.05) is 17.7 Å². The van der Waals surface area contributed by atoms with Crippen LogP contribution in [-0.4, -0.2) is 73.1 Å². The fourth-order valence-electron chi connectivity index (χ4n) is 4.98. The lowest BCUT2D eigenvalue weighted by molar-refractivity contribution is -0.133. The van der Waals surface area contributed by atoms with Crippen LogP contribution in [0.1, 0.15) is 42.0 Å². The van der Waals surface area contributed by atoms with Crippen LogP contribution >= 0.6 is 0 Å². The molecule has 0 bridgehead atoms. The summed E-state index contributed by atoms with van der Waals surface area (Å²) in [6.07, 6.45) is 5.50. The molecule has 7 nitrogen and oxygen atoms in total. The molecule has 2 saturated heterocycles. The summed E-state index contributed by atoms with van der Waals surface area (Å²) in [6.45, 7) is 6.36. The minimum absolute atomic E-state index is 0.0484. The average molecular weight is 438 g/mol. The van der Waals surface area contributed by atoms with Crippen molar-refractivity contribution in [2.24, 2.45) is 5.92 Å². The second-order valence-corrected chi connectivity index (χ2v) is 9.28. The number of aromatic nitrogens is 2. The molecular weight excluding hydrogens is 402 g/mol. The quantitative estimate of drug-likeness (QED) is 0.692. The van der Waals surface area contributed by atoms with Gasteiger partial charge in [-0.05, 0) is 38.3 Å². The van der Waals surface area contributed by atoms with Gasteiger partial charge in [0.2, 0.25) is 11.9 Å². The Labute approximate surface area is 191 Å². The Morgan fingerprint density at radius 1 is 1.16 bits per heavy atom. The lowest BCUT2D eigenvalue weighted by Gasteiger charge is -2.27. The largest absolute Gasteiger partial charge is 0.496 e. The molecule has 0 radical (unpaired) electrons. The summed E-state index contributed by atoms with van der Waals surface area (Å²) in [5.41, 5.74) is 3.33. The number of benzene rings is 1. The van der Waals surface area contributed by atoms with Gasteiger partial charge in [-0.2, -0.15) is 0 Å². The number of carbonyl (C=O) groups is 1. The van der Waals surface area contributed by atoms with E-state index in [2.05, 4.69) is 33.8 Å². The minimum atomic E-state index is -0.120. The number of likely N-dealkylation sites (tertiary alicyclic amines) is 1. The highest BCUT2D eigenvalue weighted by Gasteiger charge is 2.40. The zero-order chi connectivity index (χ0) is 22.7. The second kappa shape index (κ2) is 9.86. The summed E-state index contributed by atoms with van der Waals surface area (Å²) in [6, 6.07) is 8.26. The third-order valence-corrected chi connectivity index (χ3v) is 6.67. The SMILES string of the molecule is COc1ccc(C)cc1CN1C[C@H](C(=O)N(C)C)[C@@H](c2ccnc(N3CCCCC3)n2)C1. The van der Waals surface area contributed by atoms with Crippen molar-refractivity contribution in [1.29, 1.82) is 0 Å². The molecule has 2 aromatic rings. The van der Waals surface area contributed by atoms with Crippen LogP contribution in [0, 0.1) is 12.8 Å². The Bertz CT molecular complexity index is 942. The monoisotopic (exact) mass is 437 g/mol. The molecule has 0 unspecified atom stereocenters. The first-order valence-corrected chi connectivity index (χ1v) is 11.6. The molecule has 0 saturated carbocycles. The van der Waals surface area contributed by atoms with E-state index in [-0.39, 0.29) is 17.7 Å². The molecule has 1 aromatic heterocycles. The van der Waals surface area contributed by atoms with E-state index in [1.807, 2.05) is 32.4 Å². The number of anilines is 1. The van der Waals surface area contributed by atoms with Crippen LogP contribution in [0.5, 0.6) is 5.75 Å². The van der Waals surface area contributed by atoms with Crippen molar-refractivity contribution < 1.29 is 9.53 Å². The molecular formula is C25H35N5O2. The second-order valence-electron chi connectivity index (χ2n) is 9.28. The molecule has 7 heteroatoms. The Hall–Kier alpha value is -2.67. The summed E-state index contributed by atoms with van der Waals surface area (Å²) in [5, 5.41) is 0. The van der Waals surface area contributed by atoms with Gasteiger partial charge in [0.05, 0.1) is 18.7 Å². The Kier molecular flexibility index (Phi) is 6.94. The average Bonchev–Trinajstić information content (AvgIpc) is 3.23. The maximum atomic E-state index is 13.1. The fourth-order valence-corrected chi connectivity index (χ4v) is 4.98. The van der Waals surface area contributed by atoms with Crippen molar-refractivity contribution in [2.45, 2.75) is 38.6 Å². The minimum Gasteiger partial charge on any atom is -0.496 e. The zero-order valence-corrected chi connectivity index (χ0v) is 19.8. The van der Waals surface area contributed by atoms with Crippen LogP contribution < -0.4 is 9.64 Å². The van der Waals surface area contributed by atoms with E-state index in [4.69, 9.17) is 9.72 Å². The Balaban J connectivity index is 1.59. The fraction of sp³-hybridized carbons (Fsp3) is 0.560.